The van der Waals surface area contributed by atoms with Gasteiger partial charge in [-0.1, -0.05) is 0 Å². The van der Waals surface area contributed by atoms with Crippen LogP contribution in [0.5, 0.6) is 0 Å². The van der Waals surface area contributed by atoms with Crippen LogP contribution in [0.3, 0.4) is 0 Å². The van der Waals surface area contributed by atoms with Crippen molar-refractivity contribution in [1.29, 1.82) is 0 Å². The van der Waals surface area contributed by atoms with Crippen LogP contribution in [-0.2, 0) is 50.6 Å². The van der Waals surface area contributed by atoms with Crippen LogP contribution in [0.4, 0.5) is 11.6 Å². The van der Waals surface area contributed by atoms with Crippen molar-refractivity contribution in [3.63, 3.8) is 0 Å². The number of rotatable bonds is 6. The molecule has 2 aromatic heterocycles. The number of anilines is 2. The molecule has 0 spiro atoms. The van der Waals surface area contributed by atoms with Gasteiger partial charge in [0.1, 0.15) is 23.2 Å². The third-order valence-electron chi connectivity index (χ3n) is 4.76. The van der Waals surface area contributed by atoms with Crippen LogP contribution in [-0.4, -0.2) is 29.8 Å². The molecule has 0 aromatic carbocycles. The van der Waals surface area contributed by atoms with Crippen molar-refractivity contribution < 1.29 is 9.59 Å². The van der Waals surface area contributed by atoms with Crippen molar-refractivity contribution in [2.75, 3.05) is 11.5 Å². The summed E-state index contributed by atoms with van der Waals surface area (Å²) in [5, 5.41) is 0. The number of nitrogens with two attached hydrogens (primary N) is 2. The van der Waals surface area contributed by atoms with E-state index in [1.165, 1.54) is 28.2 Å². The van der Waals surface area contributed by atoms with Gasteiger partial charge in [0, 0.05) is 41.0 Å². The fourth-order valence-electron chi connectivity index (χ4n) is 2.93. The summed E-state index contributed by atoms with van der Waals surface area (Å²) in [7, 11) is 5.21. The van der Waals surface area contributed by atoms with Gasteiger partial charge in [0.25, 0.3) is 11.1 Å². The third kappa shape index (κ3) is 3.81. The van der Waals surface area contributed by atoms with Crippen molar-refractivity contribution in [1.82, 2.24) is 18.3 Å². The minimum Gasteiger partial charge on any atom is -0.385 e. The monoisotopic (exact) mass is 406 g/mol. The second kappa shape index (κ2) is 7.73. The maximum atomic E-state index is 12.3. The van der Waals surface area contributed by atoms with E-state index in [1.54, 1.807) is 0 Å². The first-order valence-corrected chi connectivity index (χ1v) is 8.50. The fraction of sp³-hybridized carbons (Fsp3) is 0.412. The number of Topliss-reactive ketones (excluding diaryl/α,β-unsaturated/α-hetero) is 2. The summed E-state index contributed by atoms with van der Waals surface area (Å²) >= 11 is 0. The molecule has 0 saturated carbocycles. The van der Waals surface area contributed by atoms with Gasteiger partial charge in [-0.2, -0.15) is 0 Å². The lowest BCUT2D eigenvalue weighted by Crippen LogP contribution is -2.41. The lowest BCUT2D eigenvalue weighted by Gasteiger charge is -2.12. The van der Waals surface area contributed by atoms with E-state index in [4.69, 9.17) is 11.5 Å². The number of aromatic nitrogens is 4. The standard InChI is InChI=1S/C17H22N6O6/c1-20-12(18)10(14(26)22(3)16(20)28)6-8(24)5-9(25)7-11-13(19)21(2)17(29)23(4)15(11)27/h5-7,18-19H2,1-4H3. The van der Waals surface area contributed by atoms with Crippen LogP contribution < -0.4 is 34.0 Å². The molecule has 0 aliphatic rings. The summed E-state index contributed by atoms with van der Waals surface area (Å²) in [5.74, 6) is -1.54. The Bertz CT molecular complexity index is 1160. The topological polar surface area (TPSA) is 174 Å². The smallest absolute Gasteiger partial charge is 0.332 e. The molecular weight excluding hydrogens is 384 g/mol. The third-order valence-corrected chi connectivity index (χ3v) is 4.76. The van der Waals surface area contributed by atoms with Crippen LogP contribution in [0.15, 0.2) is 19.2 Å². The second-order valence-corrected chi connectivity index (χ2v) is 6.75. The summed E-state index contributed by atoms with van der Waals surface area (Å²) in [4.78, 5) is 72.6. The van der Waals surface area contributed by atoms with Gasteiger partial charge in [-0.25, -0.2) is 9.59 Å². The Kier molecular flexibility index (Phi) is 5.76. The van der Waals surface area contributed by atoms with E-state index >= 15 is 0 Å². The van der Waals surface area contributed by atoms with Gasteiger partial charge in [0.15, 0.2) is 0 Å². The fourth-order valence-corrected chi connectivity index (χ4v) is 2.93. The van der Waals surface area contributed by atoms with Crippen LogP contribution in [0.1, 0.15) is 17.5 Å². The van der Waals surface area contributed by atoms with Gasteiger partial charge >= 0.3 is 11.4 Å². The molecule has 2 aromatic rings. The Hall–Kier alpha value is -3.70. The first-order valence-electron chi connectivity index (χ1n) is 8.50. The van der Waals surface area contributed by atoms with Crippen molar-refractivity contribution >= 4 is 23.2 Å². The second-order valence-electron chi connectivity index (χ2n) is 6.75. The molecule has 156 valence electrons. The summed E-state index contributed by atoms with van der Waals surface area (Å²) in [6, 6.07) is 0. The van der Waals surface area contributed by atoms with Crippen LogP contribution in [0, 0.1) is 0 Å². The first-order chi connectivity index (χ1) is 13.4. The number of carbonyl (C=O) groups excluding carboxylic acids is 2. The quantitative estimate of drug-likeness (QED) is 0.476. The number of hydrogen-bond acceptors (Lipinski definition) is 8. The molecule has 12 heteroatoms. The minimum absolute atomic E-state index is 0.0927. The number of carbonyl (C=O) groups is 2. The molecule has 0 unspecified atom stereocenters. The Labute approximate surface area is 163 Å². The molecule has 0 aliphatic carbocycles. The average Bonchev–Trinajstić information content (AvgIpc) is 2.68. The van der Waals surface area contributed by atoms with E-state index in [-0.39, 0.29) is 22.8 Å². The Morgan fingerprint density at radius 2 is 0.966 bits per heavy atom. The van der Waals surface area contributed by atoms with E-state index < -0.39 is 53.3 Å². The van der Waals surface area contributed by atoms with Gasteiger partial charge in [-0.3, -0.25) is 37.4 Å². The molecule has 0 saturated heterocycles. The van der Waals surface area contributed by atoms with E-state index in [0.29, 0.717) is 0 Å². The first kappa shape index (κ1) is 21.6. The van der Waals surface area contributed by atoms with Crippen LogP contribution in [0.25, 0.3) is 0 Å². The highest BCUT2D eigenvalue weighted by atomic mass is 16.2. The van der Waals surface area contributed by atoms with E-state index in [1.807, 2.05) is 0 Å². The van der Waals surface area contributed by atoms with Gasteiger partial charge in [0.05, 0.1) is 17.5 Å². The molecule has 2 rings (SSSR count). The largest absolute Gasteiger partial charge is 0.385 e. The Morgan fingerprint density at radius 3 is 1.28 bits per heavy atom. The zero-order chi connectivity index (χ0) is 22.2. The van der Waals surface area contributed by atoms with E-state index in [9.17, 15) is 28.8 Å². The normalized spacial score (nSPS) is 10.9. The molecule has 0 bridgehead atoms. The predicted octanol–water partition coefficient (Wildman–Crippen LogP) is -3.04. The van der Waals surface area contributed by atoms with Gasteiger partial charge in [-0.15, -0.1) is 0 Å². The van der Waals surface area contributed by atoms with Crippen molar-refractivity contribution in [2.45, 2.75) is 19.3 Å². The molecule has 4 N–H and O–H groups in total. The minimum atomic E-state index is -0.720. The molecule has 0 radical (unpaired) electrons. The molecule has 0 aliphatic heterocycles. The lowest BCUT2D eigenvalue weighted by atomic mass is 10.0. The van der Waals surface area contributed by atoms with Gasteiger partial charge in [-0.05, 0) is 0 Å². The number of hydrogen-bond donors (Lipinski definition) is 2. The summed E-state index contributed by atoms with van der Waals surface area (Å²) in [6.45, 7) is 0. The highest BCUT2D eigenvalue weighted by Crippen LogP contribution is 2.09. The highest BCUT2D eigenvalue weighted by molar-refractivity contribution is 6.01. The summed E-state index contributed by atoms with van der Waals surface area (Å²) < 4.78 is 3.69. The van der Waals surface area contributed by atoms with Crippen LogP contribution >= 0.6 is 0 Å². The van der Waals surface area contributed by atoms with E-state index in [0.717, 1.165) is 18.3 Å². The number of ketones is 2. The van der Waals surface area contributed by atoms with Crippen molar-refractivity contribution in [3.05, 3.63) is 52.8 Å². The Balaban J connectivity index is 2.26. The van der Waals surface area contributed by atoms with Gasteiger partial charge < -0.3 is 11.5 Å². The molecule has 0 fully saturated rings. The maximum Gasteiger partial charge on any atom is 0.332 e. The molecular formula is C17H22N6O6. The van der Waals surface area contributed by atoms with Crippen LogP contribution in [0.2, 0.25) is 0 Å². The number of nitrogen functional groups attached to an aromatic ring is 2. The highest BCUT2D eigenvalue weighted by Gasteiger charge is 2.21. The lowest BCUT2D eigenvalue weighted by molar-refractivity contribution is -0.126. The van der Waals surface area contributed by atoms with Crippen molar-refractivity contribution in [2.24, 2.45) is 28.2 Å². The molecule has 12 nitrogen and oxygen atoms in total. The van der Waals surface area contributed by atoms with Crippen molar-refractivity contribution in [3.8, 4) is 0 Å². The average molecular weight is 406 g/mol. The summed E-state index contributed by atoms with van der Waals surface area (Å²) in [6.07, 6.45) is -1.46. The molecule has 0 amide bonds. The summed E-state index contributed by atoms with van der Waals surface area (Å²) in [5.41, 5.74) is 8.62. The maximum absolute atomic E-state index is 12.3. The Morgan fingerprint density at radius 1 is 0.655 bits per heavy atom. The number of nitrogens with zero attached hydrogens (tertiary/aromatic N) is 4. The zero-order valence-electron chi connectivity index (χ0n) is 16.5. The molecule has 0 atom stereocenters. The molecule has 29 heavy (non-hydrogen) atoms. The SMILES string of the molecule is Cn1c(N)c(CC(=O)CC(=O)Cc2c(N)n(C)c(=O)n(C)c2=O)c(=O)n(C)c1=O. The predicted molar refractivity (Wildman–Crippen MR) is 105 cm³/mol. The van der Waals surface area contributed by atoms with E-state index in [2.05, 4.69) is 0 Å². The van der Waals surface area contributed by atoms with Gasteiger partial charge in [0.2, 0.25) is 0 Å². The molecule has 2 heterocycles. The zero-order valence-corrected chi connectivity index (χ0v) is 16.5.